The Balaban J connectivity index is 2.73. The predicted octanol–water partition coefficient (Wildman–Crippen LogP) is 2.81. The van der Waals surface area contributed by atoms with E-state index in [-0.39, 0.29) is 18.0 Å². The minimum Gasteiger partial charge on any atom is -0.326 e. The van der Waals surface area contributed by atoms with Gasteiger partial charge in [0.25, 0.3) is 5.69 Å². The van der Waals surface area contributed by atoms with Crippen LogP contribution in [0.4, 0.5) is 11.4 Å². The molecule has 6 nitrogen and oxygen atoms in total. The molecule has 1 rings (SSSR count). The number of hydrogen-bond acceptors (Lipinski definition) is 4. The van der Waals surface area contributed by atoms with Gasteiger partial charge in [-0.25, -0.2) is 0 Å². The second-order valence-electron chi connectivity index (χ2n) is 4.96. The largest absolute Gasteiger partial charge is 0.326 e. The molecule has 1 aromatic rings. The number of carbonyl (C=O) groups is 1. The molecule has 0 aliphatic heterocycles. The average molecular weight is 330 g/mol. The number of nitrogens with one attached hydrogen (secondary N) is 1. The first-order valence-electron chi connectivity index (χ1n) is 5.72. The zero-order chi connectivity index (χ0) is 14.6. The molecule has 0 aliphatic rings. The zero-order valence-electron chi connectivity index (χ0n) is 10.8. The second kappa shape index (κ2) is 6.12. The molecule has 0 unspecified atom stereocenters. The number of amides is 1. The molecule has 0 atom stereocenters. The van der Waals surface area contributed by atoms with Crippen LogP contribution >= 0.6 is 15.9 Å². The number of carbonyl (C=O) groups excluding carboxylic acids is 1. The van der Waals surface area contributed by atoms with Gasteiger partial charge in [0.2, 0.25) is 5.91 Å². The van der Waals surface area contributed by atoms with E-state index in [4.69, 9.17) is 5.73 Å². The molecule has 0 heterocycles. The van der Waals surface area contributed by atoms with E-state index in [1.807, 2.05) is 13.8 Å². The quantitative estimate of drug-likeness (QED) is 0.640. The minimum atomic E-state index is -0.509. The molecule has 0 fully saturated rings. The minimum absolute atomic E-state index is 0.0716. The summed E-state index contributed by atoms with van der Waals surface area (Å²) in [5.41, 5.74) is 5.68. The molecular weight excluding hydrogens is 314 g/mol. The van der Waals surface area contributed by atoms with Gasteiger partial charge < -0.3 is 11.1 Å². The average Bonchev–Trinajstić information content (AvgIpc) is 2.28. The van der Waals surface area contributed by atoms with Crippen LogP contribution in [0.3, 0.4) is 0 Å². The number of halogens is 1. The van der Waals surface area contributed by atoms with Crippen molar-refractivity contribution in [2.45, 2.75) is 32.2 Å². The van der Waals surface area contributed by atoms with Crippen molar-refractivity contribution in [2.24, 2.45) is 5.73 Å². The first-order chi connectivity index (χ1) is 8.69. The molecule has 0 saturated heterocycles. The van der Waals surface area contributed by atoms with Crippen molar-refractivity contribution >= 4 is 33.2 Å². The van der Waals surface area contributed by atoms with Crippen LogP contribution in [0.1, 0.15) is 26.7 Å². The molecule has 19 heavy (non-hydrogen) atoms. The van der Waals surface area contributed by atoms with E-state index < -0.39 is 10.5 Å². The molecular formula is C12H16BrN3O3. The third-order valence-electron chi connectivity index (χ3n) is 2.43. The number of non-ortho nitro benzene ring substituents is 1. The highest BCUT2D eigenvalue weighted by atomic mass is 79.9. The van der Waals surface area contributed by atoms with Gasteiger partial charge >= 0.3 is 0 Å². The summed E-state index contributed by atoms with van der Waals surface area (Å²) in [4.78, 5) is 21.9. The molecule has 0 spiro atoms. The Hall–Kier alpha value is -1.47. The third kappa shape index (κ3) is 5.35. The lowest BCUT2D eigenvalue weighted by Crippen LogP contribution is -2.33. The fourth-order valence-corrected chi connectivity index (χ4v) is 1.72. The van der Waals surface area contributed by atoms with Crippen LogP contribution in [0.5, 0.6) is 0 Å². The van der Waals surface area contributed by atoms with E-state index >= 15 is 0 Å². The summed E-state index contributed by atoms with van der Waals surface area (Å²) in [6.07, 6.45) is 0.796. The summed E-state index contributed by atoms with van der Waals surface area (Å²) in [6, 6.07) is 4.21. The molecule has 1 aromatic carbocycles. The van der Waals surface area contributed by atoms with Gasteiger partial charge in [0.1, 0.15) is 0 Å². The Morgan fingerprint density at radius 2 is 2.16 bits per heavy atom. The molecule has 0 saturated carbocycles. The lowest BCUT2D eigenvalue weighted by atomic mass is 10.00. The van der Waals surface area contributed by atoms with E-state index in [0.717, 1.165) is 0 Å². The van der Waals surface area contributed by atoms with E-state index in [1.54, 1.807) is 0 Å². The van der Waals surface area contributed by atoms with Crippen LogP contribution in [0, 0.1) is 10.1 Å². The number of rotatable bonds is 5. The molecule has 0 radical (unpaired) electrons. The Morgan fingerprint density at radius 3 is 2.68 bits per heavy atom. The highest BCUT2D eigenvalue weighted by molar-refractivity contribution is 9.10. The van der Waals surface area contributed by atoms with Crippen LogP contribution in [0.25, 0.3) is 0 Å². The van der Waals surface area contributed by atoms with Crippen molar-refractivity contribution in [2.75, 3.05) is 5.32 Å². The molecule has 104 valence electrons. The smallest absolute Gasteiger partial charge is 0.271 e. The molecule has 1 amide bonds. The Morgan fingerprint density at radius 1 is 1.53 bits per heavy atom. The summed E-state index contributed by atoms with van der Waals surface area (Å²) >= 11 is 3.24. The van der Waals surface area contributed by atoms with Gasteiger partial charge in [-0.1, -0.05) is 0 Å². The van der Waals surface area contributed by atoms with Crippen LogP contribution in [0.15, 0.2) is 22.7 Å². The van der Waals surface area contributed by atoms with Crippen molar-refractivity contribution < 1.29 is 9.72 Å². The van der Waals surface area contributed by atoms with Crippen molar-refractivity contribution in [3.05, 3.63) is 32.8 Å². The van der Waals surface area contributed by atoms with Crippen molar-refractivity contribution in [3.63, 3.8) is 0 Å². The maximum Gasteiger partial charge on any atom is 0.271 e. The van der Waals surface area contributed by atoms with Crippen molar-refractivity contribution in [3.8, 4) is 0 Å². The SMILES string of the molecule is CC(C)(N)CCC(=O)Nc1cc([N+](=O)[O-])ccc1Br. The number of hydrogen-bond donors (Lipinski definition) is 2. The Labute approximate surface area is 119 Å². The summed E-state index contributed by atoms with van der Waals surface area (Å²) in [5.74, 6) is -0.222. The number of nitrogens with zero attached hydrogens (tertiary/aromatic N) is 1. The number of nitrogens with two attached hydrogens (primary N) is 1. The first kappa shape index (κ1) is 15.6. The highest BCUT2D eigenvalue weighted by Crippen LogP contribution is 2.27. The highest BCUT2D eigenvalue weighted by Gasteiger charge is 2.15. The number of nitro benzene ring substituents is 1. The summed E-state index contributed by atoms with van der Waals surface area (Å²) in [5, 5.41) is 13.3. The molecule has 0 aliphatic carbocycles. The maximum atomic E-state index is 11.7. The van der Waals surface area contributed by atoms with Crippen molar-refractivity contribution in [1.82, 2.24) is 0 Å². The standard InChI is InChI=1S/C12H16BrN3O3/c1-12(2,14)6-5-11(17)15-10-7-8(16(18)19)3-4-9(10)13/h3-4,7H,5-6,14H2,1-2H3,(H,15,17). The fraction of sp³-hybridized carbons (Fsp3) is 0.417. The van der Waals surface area contributed by atoms with Gasteiger partial charge in [-0.3, -0.25) is 14.9 Å². The normalized spacial score (nSPS) is 11.2. The van der Waals surface area contributed by atoms with E-state index in [9.17, 15) is 14.9 Å². The molecule has 7 heteroatoms. The van der Waals surface area contributed by atoms with E-state index in [0.29, 0.717) is 16.6 Å². The predicted molar refractivity (Wildman–Crippen MR) is 76.9 cm³/mol. The van der Waals surface area contributed by atoms with Gasteiger partial charge in [0, 0.05) is 28.6 Å². The first-order valence-corrected chi connectivity index (χ1v) is 6.51. The number of benzene rings is 1. The number of nitro groups is 1. The van der Waals surface area contributed by atoms with Gasteiger partial charge in [-0.15, -0.1) is 0 Å². The summed E-state index contributed by atoms with van der Waals surface area (Å²) in [6.45, 7) is 3.67. The number of anilines is 1. The lowest BCUT2D eigenvalue weighted by Gasteiger charge is -2.17. The summed E-state index contributed by atoms with van der Waals surface area (Å²) in [7, 11) is 0. The van der Waals surface area contributed by atoms with E-state index in [1.165, 1.54) is 18.2 Å². The van der Waals surface area contributed by atoms with Gasteiger partial charge in [0.15, 0.2) is 0 Å². The van der Waals surface area contributed by atoms with Crippen molar-refractivity contribution in [1.29, 1.82) is 0 Å². The van der Waals surface area contributed by atoms with Gasteiger partial charge in [0.05, 0.1) is 10.6 Å². The van der Waals surface area contributed by atoms with Crippen LogP contribution in [0.2, 0.25) is 0 Å². The molecule has 0 aromatic heterocycles. The Bertz CT molecular complexity index is 497. The lowest BCUT2D eigenvalue weighted by molar-refractivity contribution is -0.384. The summed E-state index contributed by atoms with van der Waals surface area (Å²) < 4.78 is 0.596. The van der Waals surface area contributed by atoms with Crippen LogP contribution < -0.4 is 11.1 Å². The fourth-order valence-electron chi connectivity index (χ4n) is 1.37. The van der Waals surface area contributed by atoms with Crippen LogP contribution in [-0.2, 0) is 4.79 Å². The van der Waals surface area contributed by atoms with Crippen LogP contribution in [-0.4, -0.2) is 16.4 Å². The van der Waals surface area contributed by atoms with Gasteiger partial charge in [-0.05, 0) is 42.3 Å². The molecule has 3 N–H and O–H groups in total. The zero-order valence-corrected chi connectivity index (χ0v) is 12.4. The van der Waals surface area contributed by atoms with E-state index in [2.05, 4.69) is 21.2 Å². The molecule has 0 bridgehead atoms. The Kier molecular flexibility index (Phi) is 5.02. The topological polar surface area (TPSA) is 98.3 Å². The monoisotopic (exact) mass is 329 g/mol. The maximum absolute atomic E-state index is 11.7. The third-order valence-corrected chi connectivity index (χ3v) is 3.12. The van der Waals surface area contributed by atoms with Gasteiger partial charge in [-0.2, -0.15) is 0 Å². The second-order valence-corrected chi connectivity index (χ2v) is 5.81.